The van der Waals surface area contributed by atoms with Crippen LogP contribution >= 0.6 is 11.6 Å². The first-order valence-corrected chi connectivity index (χ1v) is 9.10. The van der Waals surface area contributed by atoms with Gasteiger partial charge in [-0.15, -0.1) is 0 Å². The zero-order chi connectivity index (χ0) is 19.7. The van der Waals surface area contributed by atoms with Crippen molar-refractivity contribution in [2.45, 2.75) is 6.92 Å². The van der Waals surface area contributed by atoms with Crippen molar-refractivity contribution in [1.29, 1.82) is 0 Å². The number of hydrogen-bond acceptors (Lipinski definition) is 1. The second-order valence-corrected chi connectivity index (χ2v) is 6.88. The summed E-state index contributed by atoms with van der Waals surface area (Å²) >= 11 is 6.13. The van der Waals surface area contributed by atoms with Gasteiger partial charge in [0.2, 0.25) is 0 Å². The maximum Gasteiger partial charge on any atom is 0.323 e. The molecule has 3 N–H and O–H groups in total. The van der Waals surface area contributed by atoms with Crippen LogP contribution in [0.25, 0.3) is 22.2 Å². The summed E-state index contributed by atoms with van der Waals surface area (Å²) in [5, 5.41) is 7.14. The lowest BCUT2D eigenvalue weighted by Crippen LogP contribution is -2.19. The molecule has 28 heavy (non-hydrogen) atoms. The van der Waals surface area contributed by atoms with E-state index in [0.717, 1.165) is 22.0 Å². The number of carbonyl (C=O) groups is 1. The Morgan fingerprint density at radius 1 is 1.00 bits per heavy atom. The number of anilines is 2. The molecule has 2 amide bonds. The van der Waals surface area contributed by atoms with E-state index in [1.165, 1.54) is 12.1 Å². The molecule has 1 aromatic heterocycles. The lowest BCUT2D eigenvalue weighted by atomic mass is 10.1. The molecule has 140 valence electrons. The second-order valence-electron chi connectivity index (χ2n) is 6.47. The van der Waals surface area contributed by atoms with Gasteiger partial charge in [0.1, 0.15) is 5.82 Å². The molecule has 3 aromatic carbocycles. The summed E-state index contributed by atoms with van der Waals surface area (Å²) in [7, 11) is 0. The van der Waals surface area contributed by atoms with E-state index in [1.54, 1.807) is 24.3 Å². The van der Waals surface area contributed by atoms with E-state index in [9.17, 15) is 9.18 Å². The van der Waals surface area contributed by atoms with E-state index < -0.39 is 6.03 Å². The van der Waals surface area contributed by atoms with Crippen molar-refractivity contribution in [3.8, 4) is 11.3 Å². The number of para-hydroxylation sites is 1. The number of hydrogen-bond donors (Lipinski definition) is 3. The van der Waals surface area contributed by atoms with E-state index in [2.05, 4.69) is 15.6 Å². The number of aryl methyl sites for hydroxylation is 1. The van der Waals surface area contributed by atoms with Gasteiger partial charge in [-0.25, -0.2) is 9.18 Å². The van der Waals surface area contributed by atoms with Gasteiger partial charge in [0.25, 0.3) is 0 Å². The molecule has 1 heterocycles. The molecule has 6 heteroatoms. The number of urea groups is 1. The molecule has 4 rings (SSSR count). The van der Waals surface area contributed by atoms with E-state index in [0.29, 0.717) is 22.1 Å². The molecular formula is C22H17ClFN3O. The van der Waals surface area contributed by atoms with Crippen LogP contribution in [-0.4, -0.2) is 11.0 Å². The summed E-state index contributed by atoms with van der Waals surface area (Å²) < 4.78 is 13.3. The molecule has 0 unspecified atom stereocenters. The number of aromatic nitrogens is 1. The molecule has 0 radical (unpaired) electrons. The van der Waals surface area contributed by atoms with Crippen LogP contribution in [-0.2, 0) is 0 Å². The molecular weight excluding hydrogens is 377 g/mol. The summed E-state index contributed by atoms with van der Waals surface area (Å²) in [5.74, 6) is -0.316. The number of carbonyl (C=O) groups excluding carboxylic acids is 1. The molecule has 0 fully saturated rings. The SMILES string of the molecule is Cc1ccc(NC(=O)Nc2c(-c3ccc(F)cc3)[nH]c3ccccc23)cc1Cl. The molecule has 0 atom stereocenters. The molecule has 0 saturated carbocycles. The van der Waals surface area contributed by atoms with Crippen LogP contribution in [0.1, 0.15) is 5.56 Å². The Labute approximate surface area is 166 Å². The standard InChI is InChI=1S/C22H17ClFN3O/c1-13-6-11-16(12-18(13)23)25-22(28)27-21-17-4-2-3-5-19(17)26-20(21)14-7-9-15(24)10-8-14/h2-12,26H,1H3,(H2,25,27,28). The van der Waals surface area contributed by atoms with Crippen molar-refractivity contribution >= 4 is 39.9 Å². The third-order valence-corrected chi connectivity index (χ3v) is 4.91. The van der Waals surface area contributed by atoms with Gasteiger partial charge in [0.15, 0.2) is 0 Å². The Morgan fingerprint density at radius 2 is 1.75 bits per heavy atom. The molecule has 0 spiro atoms. The minimum absolute atomic E-state index is 0.316. The largest absolute Gasteiger partial charge is 0.353 e. The van der Waals surface area contributed by atoms with Crippen molar-refractivity contribution in [3.63, 3.8) is 0 Å². The minimum Gasteiger partial charge on any atom is -0.353 e. The fourth-order valence-electron chi connectivity index (χ4n) is 3.05. The highest BCUT2D eigenvalue weighted by Crippen LogP contribution is 2.35. The summed E-state index contributed by atoms with van der Waals surface area (Å²) in [5.41, 5.74) is 4.50. The molecule has 0 saturated heterocycles. The first-order valence-electron chi connectivity index (χ1n) is 8.72. The number of amides is 2. The average Bonchev–Trinajstić information content (AvgIpc) is 3.04. The number of rotatable bonds is 3. The van der Waals surface area contributed by atoms with Gasteiger partial charge < -0.3 is 15.6 Å². The predicted molar refractivity (Wildman–Crippen MR) is 113 cm³/mol. The van der Waals surface area contributed by atoms with E-state index in [4.69, 9.17) is 11.6 Å². The van der Waals surface area contributed by atoms with Crippen LogP contribution in [0.5, 0.6) is 0 Å². The zero-order valence-corrected chi connectivity index (χ0v) is 15.8. The molecule has 0 bridgehead atoms. The molecule has 0 aliphatic heterocycles. The maximum atomic E-state index is 13.3. The van der Waals surface area contributed by atoms with E-state index in [-0.39, 0.29) is 5.82 Å². The fraction of sp³-hybridized carbons (Fsp3) is 0.0455. The molecule has 0 aliphatic rings. The summed E-state index contributed by atoms with van der Waals surface area (Å²) in [6.45, 7) is 1.90. The first-order chi connectivity index (χ1) is 13.5. The van der Waals surface area contributed by atoms with E-state index in [1.807, 2.05) is 37.3 Å². The summed E-state index contributed by atoms with van der Waals surface area (Å²) in [4.78, 5) is 15.9. The topological polar surface area (TPSA) is 56.9 Å². The van der Waals surface area contributed by atoms with Crippen molar-refractivity contribution in [3.05, 3.63) is 83.1 Å². The van der Waals surface area contributed by atoms with Crippen LogP contribution in [0.3, 0.4) is 0 Å². The Morgan fingerprint density at radius 3 is 2.50 bits per heavy atom. The Balaban J connectivity index is 1.68. The smallest absolute Gasteiger partial charge is 0.323 e. The van der Waals surface area contributed by atoms with Gasteiger partial charge in [0.05, 0.1) is 11.4 Å². The number of H-pyrrole nitrogens is 1. The van der Waals surface area contributed by atoms with Crippen molar-refractivity contribution < 1.29 is 9.18 Å². The van der Waals surface area contributed by atoms with Gasteiger partial charge in [-0.1, -0.05) is 35.9 Å². The van der Waals surface area contributed by atoms with Crippen LogP contribution < -0.4 is 10.6 Å². The first kappa shape index (κ1) is 18.1. The average molecular weight is 394 g/mol. The highest BCUT2D eigenvalue weighted by Gasteiger charge is 2.16. The van der Waals surface area contributed by atoms with Crippen LogP contribution in [0.4, 0.5) is 20.6 Å². The highest BCUT2D eigenvalue weighted by atomic mass is 35.5. The fourth-order valence-corrected chi connectivity index (χ4v) is 3.23. The number of benzene rings is 3. The third-order valence-electron chi connectivity index (χ3n) is 4.51. The Hall–Kier alpha value is -3.31. The van der Waals surface area contributed by atoms with E-state index >= 15 is 0 Å². The molecule has 4 aromatic rings. The minimum atomic E-state index is -0.395. The number of halogens is 2. The maximum absolute atomic E-state index is 13.3. The molecule has 0 aliphatic carbocycles. The predicted octanol–water partition coefficient (Wildman–Crippen LogP) is 6.58. The van der Waals surface area contributed by atoms with Crippen LogP contribution in [0.2, 0.25) is 5.02 Å². The Kier molecular flexibility index (Phi) is 4.75. The summed E-state index contributed by atoms with van der Waals surface area (Å²) in [6, 6.07) is 18.7. The summed E-state index contributed by atoms with van der Waals surface area (Å²) in [6.07, 6.45) is 0. The second kappa shape index (κ2) is 7.37. The monoisotopic (exact) mass is 393 g/mol. The van der Waals surface area contributed by atoms with Gasteiger partial charge in [-0.3, -0.25) is 0 Å². The van der Waals surface area contributed by atoms with Gasteiger partial charge in [-0.05, 0) is 55.0 Å². The van der Waals surface area contributed by atoms with Crippen molar-refractivity contribution in [2.75, 3.05) is 10.6 Å². The van der Waals surface area contributed by atoms with Crippen molar-refractivity contribution in [1.82, 2.24) is 4.98 Å². The van der Waals surface area contributed by atoms with Gasteiger partial charge in [0, 0.05) is 27.2 Å². The number of nitrogens with one attached hydrogen (secondary N) is 3. The van der Waals surface area contributed by atoms with Crippen molar-refractivity contribution in [2.24, 2.45) is 0 Å². The van der Waals surface area contributed by atoms with Gasteiger partial charge >= 0.3 is 6.03 Å². The zero-order valence-electron chi connectivity index (χ0n) is 15.0. The number of fused-ring (bicyclic) bond motifs is 1. The lowest BCUT2D eigenvalue weighted by molar-refractivity contribution is 0.262. The van der Waals surface area contributed by atoms with Crippen LogP contribution in [0, 0.1) is 12.7 Å². The highest BCUT2D eigenvalue weighted by molar-refractivity contribution is 6.31. The number of aromatic amines is 1. The third kappa shape index (κ3) is 3.57. The quantitative estimate of drug-likeness (QED) is 0.361. The normalized spacial score (nSPS) is 10.8. The Bertz CT molecular complexity index is 1170. The van der Waals surface area contributed by atoms with Gasteiger partial charge in [-0.2, -0.15) is 0 Å². The lowest BCUT2D eigenvalue weighted by Gasteiger charge is -2.10. The van der Waals surface area contributed by atoms with Crippen LogP contribution in [0.15, 0.2) is 66.7 Å². The molecule has 4 nitrogen and oxygen atoms in total.